The van der Waals surface area contributed by atoms with E-state index in [9.17, 15) is 4.79 Å². The molecule has 0 saturated heterocycles. The van der Waals surface area contributed by atoms with Crippen molar-refractivity contribution in [3.63, 3.8) is 0 Å². The molecule has 4 rings (SSSR count). The normalized spacial score (nSPS) is 10.9. The lowest BCUT2D eigenvalue weighted by Gasteiger charge is -2.14. The minimum atomic E-state index is -0.203. The first-order chi connectivity index (χ1) is 14.2. The summed E-state index contributed by atoms with van der Waals surface area (Å²) >= 11 is 0. The molecule has 1 aromatic heterocycles. The second kappa shape index (κ2) is 7.75. The molecule has 0 unspecified atom stereocenters. The van der Waals surface area contributed by atoms with E-state index in [1.807, 2.05) is 30.3 Å². The Hall–Kier alpha value is -3.67. The molecule has 0 aliphatic rings. The minimum Gasteiger partial charge on any atom is -0.493 e. The highest BCUT2D eigenvalue weighted by Gasteiger charge is 2.21. The van der Waals surface area contributed by atoms with Crippen molar-refractivity contribution in [1.82, 2.24) is 0 Å². The van der Waals surface area contributed by atoms with E-state index in [0.29, 0.717) is 51.5 Å². The van der Waals surface area contributed by atoms with E-state index in [-0.39, 0.29) is 5.43 Å². The largest absolute Gasteiger partial charge is 0.493 e. The van der Waals surface area contributed by atoms with Crippen molar-refractivity contribution in [2.24, 2.45) is 0 Å². The zero-order valence-electron chi connectivity index (χ0n) is 16.4. The number of rotatable bonds is 6. The molecule has 6 heteroatoms. The van der Waals surface area contributed by atoms with Crippen LogP contribution >= 0.6 is 0 Å². The maximum Gasteiger partial charge on any atom is 0.208 e. The van der Waals surface area contributed by atoms with Gasteiger partial charge in [0.05, 0.1) is 32.1 Å². The van der Waals surface area contributed by atoms with Crippen LogP contribution in [0.15, 0.2) is 63.8 Å². The van der Waals surface area contributed by atoms with E-state index in [0.717, 1.165) is 5.56 Å². The van der Waals surface area contributed by atoms with Crippen molar-refractivity contribution >= 4 is 21.9 Å². The number of fused-ring (bicyclic) bond motifs is 2. The third-order valence-electron chi connectivity index (χ3n) is 4.69. The van der Waals surface area contributed by atoms with Gasteiger partial charge >= 0.3 is 0 Å². The molecule has 1 heterocycles. The van der Waals surface area contributed by atoms with E-state index in [1.54, 1.807) is 24.3 Å². The monoisotopic (exact) mass is 392 g/mol. The lowest BCUT2D eigenvalue weighted by Crippen LogP contribution is -2.05. The molecule has 0 saturated carbocycles. The van der Waals surface area contributed by atoms with Crippen molar-refractivity contribution < 1.29 is 23.4 Å². The van der Waals surface area contributed by atoms with Crippen LogP contribution in [0.4, 0.5) is 0 Å². The van der Waals surface area contributed by atoms with Gasteiger partial charge in [0.2, 0.25) is 16.9 Å². The van der Waals surface area contributed by atoms with E-state index in [1.165, 1.54) is 21.3 Å². The lowest BCUT2D eigenvalue weighted by atomic mass is 10.1. The fourth-order valence-corrected chi connectivity index (χ4v) is 3.26. The van der Waals surface area contributed by atoms with Gasteiger partial charge in [-0.1, -0.05) is 30.3 Å². The van der Waals surface area contributed by atoms with Crippen LogP contribution in [0.2, 0.25) is 0 Å². The topological polar surface area (TPSA) is 67.1 Å². The van der Waals surface area contributed by atoms with E-state index < -0.39 is 0 Å². The zero-order chi connectivity index (χ0) is 20.4. The van der Waals surface area contributed by atoms with Crippen molar-refractivity contribution in [3.05, 3.63) is 70.4 Å². The average molecular weight is 392 g/mol. The van der Waals surface area contributed by atoms with Crippen LogP contribution in [0.1, 0.15) is 5.56 Å². The number of ether oxygens (including phenoxy) is 4. The van der Waals surface area contributed by atoms with Gasteiger partial charge < -0.3 is 23.4 Å². The molecule has 0 spiro atoms. The number of benzene rings is 3. The van der Waals surface area contributed by atoms with Gasteiger partial charge in [-0.2, -0.15) is 0 Å². The molecular weight excluding hydrogens is 372 g/mol. The van der Waals surface area contributed by atoms with E-state index in [2.05, 4.69) is 0 Å². The summed E-state index contributed by atoms with van der Waals surface area (Å²) in [6.45, 7) is 0.407. The first-order valence-corrected chi connectivity index (χ1v) is 9.02. The third-order valence-corrected chi connectivity index (χ3v) is 4.69. The summed E-state index contributed by atoms with van der Waals surface area (Å²) in [6.07, 6.45) is 0. The van der Waals surface area contributed by atoms with Gasteiger partial charge in [0.1, 0.15) is 17.9 Å². The summed E-state index contributed by atoms with van der Waals surface area (Å²) in [7, 11) is 4.49. The molecule has 4 aromatic rings. The Morgan fingerprint density at radius 3 is 2.28 bits per heavy atom. The summed E-state index contributed by atoms with van der Waals surface area (Å²) in [6, 6.07) is 16.6. The molecule has 0 fully saturated rings. The smallest absolute Gasteiger partial charge is 0.208 e. The lowest BCUT2D eigenvalue weighted by molar-refractivity contribution is 0.306. The van der Waals surface area contributed by atoms with E-state index in [4.69, 9.17) is 23.4 Å². The van der Waals surface area contributed by atoms with Gasteiger partial charge in [0.15, 0.2) is 11.3 Å². The first kappa shape index (κ1) is 18.7. The first-order valence-electron chi connectivity index (χ1n) is 9.02. The molecule has 3 aromatic carbocycles. The maximum absolute atomic E-state index is 13.2. The molecule has 29 heavy (non-hydrogen) atoms. The molecule has 0 radical (unpaired) electrons. The Labute approximate surface area is 167 Å². The van der Waals surface area contributed by atoms with Gasteiger partial charge in [0.25, 0.3) is 0 Å². The molecule has 0 N–H and O–H groups in total. The van der Waals surface area contributed by atoms with Crippen LogP contribution in [0.25, 0.3) is 21.9 Å². The van der Waals surface area contributed by atoms with Crippen LogP contribution in [0, 0.1) is 0 Å². The van der Waals surface area contributed by atoms with Crippen molar-refractivity contribution in [2.75, 3.05) is 21.3 Å². The second-order valence-electron chi connectivity index (χ2n) is 6.39. The summed E-state index contributed by atoms with van der Waals surface area (Å²) < 4.78 is 28.0. The molecular formula is C23H20O6. The molecule has 148 valence electrons. The van der Waals surface area contributed by atoms with Crippen molar-refractivity contribution in [1.29, 1.82) is 0 Å². The number of hydrogen-bond donors (Lipinski definition) is 0. The summed E-state index contributed by atoms with van der Waals surface area (Å²) in [5.74, 6) is 1.65. The average Bonchev–Trinajstić information content (AvgIpc) is 2.77. The Kier molecular flexibility index (Phi) is 4.99. The maximum atomic E-state index is 13.2. The molecule has 0 atom stereocenters. The highest BCUT2D eigenvalue weighted by Crippen LogP contribution is 2.43. The standard InChI is InChI=1S/C23H20O6/c1-25-19-12-17-20(24)16-11-15(28-13-14-7-5-4-6-8-14)9-10-18(16)29-21(17)23(27-3)22(19)26-2/h4-12H,13H2,1-3H3. The van der Waals surface area contributed by atoms with E-state index >= 15 is 0 Å². The summed E-state index contributed by atoms with van der Waals surface area (Å²) in [5.41, 5.74) is 1.58. The Bertz CT molecular complexity index is 1230. The Morgan fingerprint density at radius 2 is 1.59 bits per heavy atom. The van der Waals surface area contributed by atoms with Gasteiger partial charge in [-0.3, -0.25) is 4.79 Å². The second-order valence-corrected chi connectivity index (χ2v) is 6.39. The number of hydrogen-bond acceptors (Lipinski definition) is 6. The highest BCUT2D eigenvalue weighted by atomic mass is 16.5. The number of methoxy groups -OCH3 is 3. The van der Waals surface area contributed by atoms with Crippen LogP contribution in [0.5, 0.6) is 23.0 Å². The third kappa shape index (κ3) is 3.33. The predicted octanol–water partition coefficient (Wildman–Crippen LogP) is 4.55. The van der Waals surface area contributed by atoms with Gasteiger partial charge in [0, 0.05) is 0 Å². The zero-order valence-corrected chi connectivity index (χ0v) is 16.4. The predicted molar refractivity (Wildman–Crippen MR) is 110 cm³/mol. The van der Waals surface area contributed by atoms with Crippen LogP contribution in [0.3, 0.4) is 0 Å². The van der Waals surface area contributed by atoms with Crippen LogP contribution in [-0.2, 0) is 6.61 Å². The van der Waals surface area contributed by atoms with Crippen LogP contribution in [-0.4, -0.2) is 21.3 Å². The summed E-state index contributed by atoms with van der Waals surface area (Å²) in [4.78, 5) is 13.2. The SMILES string of the molecule is COc1cc2c(=O)c3cc(OCc4ccccc4)ccc3oc2c(OC)c1OC. The Morgan fingerprint density at radius 1 is 0.828 bits per heavy atom. The summed E-state index contributed by atoms with van der Waals surface area (Å²) in [5, 5.41) is 0.754. The van der Waals surface area contributed by atoms with Crippen LogP contribution < -0.4 is 24.4 Å². The molecule has 0 amide bonds. The molecule has 0 aliphatic heterocycles. The molecule has 0 bridgehead atoms. The van der Waals surface area contributed by atoms with Crippen molar-refractivity contribution in [3.8, 4) is 23.0 Å². The van der Waals surface area contributed by atoms with Gasteiger partial charge in [-0.05, 0) is 29.8 Å². The quantitative estimate of drug-likeness (QED) is 0.449. The van der Waals surface area contributed by atoms with Crippen molar-refractivity contribution in [2.45, 2.75) is 6.61 Å². The highest BCUT2D eigenvalue weighted by molar-refractivity contribution is 5.95. The molecule has 0 aliphatic carbocycles. The Balaban J connectivity index is 1.84. The van der Waals surface area contributed by atoms with Gasteiger partial charge in [-0.15, -0.1) is 0 Å². The molecule has 6 nitrogen and oxygen atoms in total. The fraction of sp³-hybridized carbons (Fsp3) is 0.174. The van der Waals surface area contributed by atoms with Gasteiger partial charge in [-0.25, -0.2) is 0 Å². The fourth-order valence-electron chi connectivity index (χ4n) is 3.26. The minimum absolute atomic E-state index is 0.203.